The Kier molecular flexibility index (Phi) is 2.81. The Morgan fingerprint density at radius 1 is 1.36 bits per heavy atom. The maximum absolute atomic E-state index is 11.3. The van der Waals surface area contributed by atoms with Gasteiger partial charge in [-0.25, -0.2) is 4.98 Å². The summed E-state index contributed by atoms with van der Waals surface area (Å²) in [5.41, 5.74) is 2.20. The van der Waals surface area contributed by atoms with Crippen LogP contribution in [0.1, 0.15) is 6.42 Å². The fourth-order valence-electron chi connectivity index (χ4n) is 2.98. The quantitative estimate of drug-likeness (QED) is 0.677. The van der Waals surface area contributed by atoms with Gasteiger partial charge < -0.3 is 9.88 Å². The van der Waals surface area contributed by atoms with Crippen molar-refractivity contribution in [1.29, 1.82) is 0 Å². The van der Waals surface area contributed by atoms with Crippen molar-refractivity contribution in [3.05, 3.63) is 24.7 Å². The summed E-state index contributed by atoms with van der Waals surface area (Å²) in [6.45, 7) is 0.785. The van der Waals surface area contributed by atoms with E-state index in [1.54, 1.807) is 18.6 Å². The molecule has 22 heavy (non-hydrogen) atoms. The van der Waals surface area contributed by atoms with Crippen LogP contribution in [0.4, 0.5) is 5.69 Å². The molecular formula is C13H13N5O3S. The summed E-state index contributed by atoms with van der Waals surface area (Å²) < 4.78 is 31.9. The zero-order valence-corrected chi connectivity index (χ0v) is 12.3. The van der Waals surface area contributed by atoms with Crippen LogP contribution in [0.3, 0.4) is 0 Å². The molecule has 3 aromatic rings. The Bertz CT molecular complexity index is 968. The Morgan fingerprint density at radius 3 is 3.00 bits per heavy atom. The van der Waals surface area contributed by atoms with Gasteiger partial charge in [0.15, 0.2) is 0 Å². The van der Waals surface area contributed by atoms with Crippen molar-refractivity contribution in [1.82, 2.24) is 20.2 Å². The van der Waals surface area contributed by atoms with Crippen molar-refractivity contribution in [3.63, 3.8) is 0 Å². The smallest absolute Gasteiger partial charge is 0.269 e. The van der Waals surface area contributed by atoms with Crippen molar-refractivity contribution in [2.75, 3.05) is 18.0 Å². The van der Waals surface area contributed by atoms with Crippen molar-refractivity contribution in [2.24, 2.45) is 0 Å². The summed E-state index contributed by atoms with van der Waals surface area (Å²) in [4.78, 5) is 9.25. The molecule has 1 aliphatic heterocycles. The molecule has 8 nitrogen and oxygen atoms in total. The van der Waals surface area contributed by atoms with Gasteiger partial charge in [-0.1, -0.05) is 0 Å². The summed E-state index contributed by atoms with van der Waals surface area (Å²) in [7, 11) is -4.02. The van der Waals surface area contributed by atoms with Gasteiger partial charge in [-0.05, 0) is 12.5 Å². The van der Waals surface area contributed by atoms with Crippen LogP contribution in [0.15, 0.2) is 24.7 Å². The largest absolute Gasteiger partial charge is 0.368 e. The highest BCUT2D eigenvalue weighted by Gasteiger charge is 2.32. The summed E-state index contributed by atoms with van der Waals surface area (Å²) in [5.74, 6) is 0. The maximum Gasteiger partial charge on any atom is 0.269 e. The van der Waals surface area contributed by atoms with Gasteiger partial charge in [0, 0.05) is 30.1 Å². The van der Waals surface area contributed by atoms with Crippen LogP contribution in [-0.2, 0) is 10.1 Å². The summed E-state index contributed by atoms with van der Waals surface area (Å²) in [6, 6.07) is 1.91. The number of hydrogen-bond acceptors (Lipinski definition) is 6. The highest BCUT2D eigenvalue weighted by atomic mass is 32.2. The minimum Gasteiger partial charge on any atom is -0.368 e. The fraction of sp³-hybridized carbons (Fsp3) is 0.308. The lowest BCUT2D eigenvalue weighted by Crippen LogP contribution is -2.26. The van der Waals surface area contributed by atoms with E-state index in [1.807, 2.05) is 11.0 Å². The third-order valence-electron chi connectivity index (χ3n) is 4.08. The molecule has 0 radical (unpaired) electrons. The molecule has 0 amide bonds. The standard InChI is InChI=1S/C13H13N5O3S/c19-22(20,21)8-2-4-18(7-8)11-6-16-17-10-5-15-13-9(12(10)11)1-3-14-13/h1,3,5-6,8H,2,4,7H2,(H,14,15)(H,19,20,21). The number of rotatable bonds is 2. The second-order valence-corrected chi connectivity index (χ2v) is 7.06. The number of H-pyrrole nitrogens is 1. The lowest BCUT2D eigenvalue weighted by atomic mass is 10.1. The number of fused-ring (bicyclic) bond motifs is 3. The van der Waals surface area contributed by atoms with E-state index in [2.05, 4.69) is 20.2 Å². The van der Waals surface area contributed by atoms with Crippen LogP contribution in [0.5, 0.6) is 0 Å². The Hall–Kier alpha value is -2.26. The molecule has 1 saturated heterocycles. The molecule has 0 spiro atoms. The van der Waals surface area contributed by atoms with E-state index in [0.29, 0.717) is 18.5 Å². The Labute approximate surface area is 125 Å². The van der Waals surface area contributed by atoms with Gasteiger partial charge in [0.1, 0.15) is 16.4 Å². The molecule has 9 heteroatoms. The first kappa shape index (κ1) is 13.4. The van der Waals surface area contributed by atoms with E-state index in [4.69, 9.17) is 0 Å². The Balaban J connectivity index is 1.87. The van der Waals surface area contributed by atoms with Crippen molar-refractivity contribution in [3.8, 4) is 0 Å². The van der Waals surface area contributed by atoms with E-state index in [1.165, 1.54) is 0 Å². The third-order valence-corrected chi connectivity index (χ3v) is 5.30. The highest BCUT2D eigenvalue weighted by Crippen LogP contribution is 2.32. The number of pyridine rings is 1. The molecule has 0 aliphatic carbocycles. The van der Waals surface area contributed by atoms with Gasteiger partial charge in [0.25, 0.3) is 10.1 Å². The van der Waals surface area contributed by atoms with E-state index in [-0.39, 0.29) is 6.54 Å². The molecule has 114 valence electrons. The number of hydrogen-bond donors (Lipinski definition) is 2. The highest BCUT2D eigenvalue weighted by molar-refractivity contribution is 7.86. The average molecular weight is 319 g/mol. The predicted octanol–water partition coefficient (Wildman–Crippen LogP) is 0.973. The lowest BCUT2D eigenvalue weighted by Gasteiger charge is -2.19. The second kappa shape index (κ2) is 4.62. The lowest BCUT2D eigenvalue weighted by molar-refractivity contribution is 0.470. The molecule has 0 bridgehead atoms. The first-order valence-electron chi connectivity index (χ1n) is 6.83. The molecule has 1 atom stereocenters. The van der Waals surface area contributed by atoms with Gasteiger partial charge in [-0.15, -0.1) is 5.10 Å². The molecule has 4 rings (SSSR count). The van der Waals surface area contributed by atoms with Crippen LogP contribution in [0.2, 0.25) is 0 Å². The molecule has 1 fully saturated rings. The molecule has 1 unspecified atom stereocenters. The monoisotopic (exact) mass is 319 g/mol. The number of nitrogens with one attached hydrogen (secondary N) is 1. The predicted molar refractivity (Wildman–Crippen MR) is 81.4 cm³/mol. The van der Waals surface area contributed by atoms with Crippen molar-refractivity contribution in [2.45, 2.75) is 11.7 Å². The fourth-order valence-corrected chi connectivity index (χ4v) is 3.75. The Morgan fingerprint density at radius 2 is 2.23 bits per heavy atom. The van der Waals surface area contributed by atoms with Crippen molar-refractivity contribution >= 4 is 37.7 Å². The van der Waals surface area contributed by atoms with E-state index in [0.717, 1.165) is 22.1 Å². The zero-order valence-electron chi connectivity index (χ0n) is 11.5. The van der Waals surface area contributed by atoms with Crippen LogP contribution < -0.4 is 4.90 Å². The topological polar surface area (TPSA) is 112 Å². The van der Waals surface area contributed by atoms with Gasteiger partial charge in [-0.2, -0.15) is 13.5 Å². The molecule has 1 aliphatic rings. The van der Waals surface area contributed by atoms with Crippen LogP contribution in [0, 0.1) is 0 Å². The number of anilines is 1. The third kappa shape index (κ3) is 2.01. The summed E-state index contributed by atoms with van der Waals surface area (Å²) >= 11 is 0. The van der Waals surface area contributed by atoms with Gasteiger partial charge in [-0.3, -0.25) is 4.55 Å². The van der Waals surface area contributed by atoms with E-state index < -0.39 is 15.4 Å². The SMILES string of the molecule is O=S(=O)(O)C1CCN(c2cnnc3cnc4[nH]ccc4c23)C1. The maximum atomic E-state index is 11.3. The minimum atomic E-state index is -4.02. The molecule has 0 aromatic carbocycles. The molecule has 0 saturated carbocycles. The van der Waals surface area contributed by atoms with Gasteiger partial charge in [0.2, 0.25) is 0 Å². The molecule has 4 heterocycles. The zero-order chi connectivity index (χ0) is 15.3. The first-order valence-corrected chi connectivity index (χ1v) is 8.33. The number of aromatic amines is 1. The van der Waals surface area contributed by atoms with Crippen molar-refractivity contribution < 1.29 is 13.0 Å². The summed E-state index contributed by atoms with van der Waals surface area (Å²) in [6.07, 6.45) is 5.46. The van der Waals surface area contributed by atoms with Crippen LogP contribution in [-0.4, -0.2) is 51.5 Å². The summed E-state index contributed by atoms with van der Waals surface area (Å²) in [5, 5.41) is 9.11. The molecular weight excluding hydrogens is 306 g/mol. The first-order chi connectivity index (χ1) is 10.5. The number of aromatic nitrogens is 4. The van der Waals surface area contributed by atoms with E-state index in [9.17, 15) is 13.0 Å². The van der Waals surface area contributed by atoms with Crippen LogP contribution in [0.25, 0.3) is 21.9 Å². The van der Waals surface area contributed by atoms with Gasteiger partial charge in [0.05, 0.1) is 18.1 Å². The average Bonchev–Trinajstić information content (AvgIpc) is 3.15. The van der Waals surface area contributed by atoms with Gasteiger partial charge >= 0.3 is 0 Å². The van der Waals surface area contributed by atoms with Crippen LogP contribution >= 0.6 is 0 Å². The van der Waals surface area contributed by atoms with E-state index >= 15 is 0 Å². The number of nitrogens with zero attached hydrogens (tertiary/aromatic N) is 4. The molecule has 3 aromatic heterocycles. The normalized spacial score (nSPS) is 19.3. The minimum absolute atomic E-state index is 0.244. The molecule has 2 N–H and O–H groups in total. The second-order valence-electron chi connectivity index (χ2n) is 5.36.